The van der Waals surface area contributed by atoms with Crippen LogP contribution in [0.4, 0.5) is 4.39 Å². The molecule has 0 aliphatic heterocycles. The molecule has 0 radical (unpaired) electrons. The molecule has 1 aromatic carbocycles. The number of thioether (sulfide) groups is 1. The molecule has 0 saturated heterocycles. The van der Waals surface area contributed by atoms with Crippen LogP contribution in [0.25, 0.3) is 0 Å². The summed E-state index contributed by atoms with van der Waals surface area (Å²) in [5.74, 6) is -1.67. The van der Waals surface area contributed by atoms with Gasteiger partial charge in [0.25, 0.3) is 0 Å². The van der Waals surface area contributed by atoms with E-state index in [4.69, 9.17) is 0 Å². The van der Waals surface area contributed by atoms with Crippen molar-refractivity contribution in [3.63, 3.8) is 0 Å². The maximum Gasteiger partial charge on any atom is 0.311 e. The van der Waals surface area contributed by atoms with Gasteiger partial charge in [0.2, 0.25) is 5.91 Å². The molecule has 6 heteroatoms. The fraction of sp³-hybridized carbons (Fsp3) is 0.467. The third kappa shape index (κ3) is 4.20. The number of benzene rings is 1. The van der Waals surface area contributed by atoms with Crippen molar-refractivity contribution in [1.82, 2.24) is 5.32 Å². The molecule has 4 nitrogen and oxygen atoms in total. The Balaban J connectivity index is 2.66. The monoisotopic (exact) mass is 313 g/mol. The minimum Gasteiger partial charge on any atom is -0.481 e. The Kier molecular flexibility index (Phi) is 5.39. The Bertz CT molecular complexity index is 543. The molecule has 0 bridgehead atoms. The summed E-state index contributed by atoms with van der Waals surface area (Å²) in [4.78, 5) is 23.6. The first-order chi connectivity index (χ1) is 9.58. The number of aliphatic carboxylic acids is 1. The van der Waals surface area contributed by atoms with Crippen molar-refractivity contribution in [2.45, 2.75) is 38.1 Å². The third-order valence-corrected chi connectivity index (χ3v) is 4.79. The van der Waals surface area contributed by atoms with E-state index >= 15 is 0 Å². The summed E-state index contributed by atoms with van der Waals surface area (Å²) in [6, 6.07) is 6.20. The van der Waals surface area contributed by atoms with Gasteiger partial charge in [-0.3, -0.25) is 9.59 Å². The molecule has 0 spiro atoms. The predicted octanol–water partition coefficient (Wildman–Crippen LogP) is 2.92. The van der Waals surface area contributed by atoms with E-state index in [1.54, 1.807) is 45.9 Å². The highest BCUT2D eigenvalue weighted by atomic mass is 32.2. The first kappa shape index (κ1) is 17.5. The van der Waals surface area contributed by atoms with Gasteiger partial charge in [-0.2, -0.15) is 0 Å². The van der Waals surface area contributed by atoms with Crippen LogP contribution in [0.1, 0.15) is 27.7 Å². The quantitative estimate of drug-likeness (QED) is 0.793. The molecule has 0 unspecified atom stereocenters. The SMILES string of the molecule is CC(C)(NC(=O)CSc1ccccc1F)C(C)(C)C(=O)O. The maximum atomic E-state index is 13.4. The molecule has 116 valence electrons. The van der Waals surface area contributed by atoms with Crippen LogP contribution in [0.5, 0.6) is 0 Å². The average molecular weight is 313 g/mol. The van der Waals surface area contributed by atoms with E-state index in [0.717, 1.165) is 11.8 Å². The van der Waals surface area contributed by atoms with Crippen molar-refractivity contribution in [2.24, 2.45) is 5.41 Å². The number of nitrogens with one attached hydrogen (secondary N) is 1. The van der Waals surface area contributed by atoms with Crippen LogP contribution in [-0.2, 0) is 9.59 Å². The Morgan fingerprint density at radius 1 is 1.24 bits per heavy atom. The first-order valence-electron chi connectivity index (χ1n) is 6.49. The summed E-state index contributed by atoms with van der Waals surface area (Å²) in [5, 5.41) is 11.9. The van der Waals surface area contributed by atoms with Gasteiger partial charge in [-0.25, -0.2) is 4.39 Å². The topological polar surface area (TPSA) is 66.4 Å². The number of halogens is 1. The average Bonchev–Trinajstić information content (AvgIpc) is 2.36. The molecule has 0 aromatic heterocycles. The van der Waals surface area contributed by atoms with Crippen LogP contribution in [0.3, 0.4) is 0 Å². The lowest BCUT2D eigenvalue weighted by Gasteiger charge is -2.38. The van der Waals surface area contributed by atoms with E-state index in [9.17, 15) is 19.1 Å². The van der Waals surface area contributed by atoms with Crippen molar-refractivity contribution in [1.29, 1.82) is 0 Å². The normalized spacial score (nSPS) is 12.0. The van der Waals surface area contributed by atoms with E-state index in [2.05, 4.69) is 5.32 Å². The zero-order valence-electron chi connectivity index (χ0n) is 12.6. The number of carbonyl (C=O) groups is 2. The summed E-state index contributed by atoms with van der Waals surface area (Å²) in [7, 11) is 0. The van der Waals surface area contributed by atoms with Gasteiger partial charge in [0.1, 0.15) is 5.82 Å². The Labute approximate surface area is 128 Å². The van der Waals surface area contributed by atoms with Gasteiger partial charge in [-0.1, -0.05) is 12.1 Å². The van der Waals surface area contributed by atoms with Crippen molar-refractivity contribution in [3.05, 3.63) is 30.1 Å². The third-order valence-electron chi connectivity index (χ3n) is 3.74. The van der Waals surface area contributed by atoms with E-state index < -0.39 is 16.9 Å². The van der Waals surface area contributed by atoms with Gasteiger partial charge in [-0.15, -0.1) is 11.8 Å². The van der Waals surface area contributed by atoms with Gasteiger partial charge in [0, 0.05) is 10.4 Å². The highest BCUT2D eigenvalue weighted by Crippen LogP contribution is 2.31. The second kappa shape index (κ2) is 6.47. The first-order valence-corrected chi connectivity index (χ1v) is 7.48. The molecule has 2 N–H and O–H groups in total. The molecule has 0 fully saturated rings. The summed E-state index contributed by atoms with van der Waals surface area (Å²) >= 11 is 1.08. The molecule has 1 rings (SSSR count). The number of carbonyl (C=O) groups excluding carboxylic acids is 1. The van der Waals surface area contributed by atoms with E-state index in [1.165, 1.54) is 6.07 Å². The van der Waals surface area contributed by atoms with Crippen molar-refractivity contribution in [3.8, 4) is 0 Å². The van der Waals surface area contributed by atoms with Crippen LogP contribution in [0.15, 0.2) is 29.2 Å². The van der Waals surface area contributed by atoms with Crippen LogP contribution in [-0.4, -0.2) is 28.3 Å². The number of hydrogen-bond donors (Lipinski definition) is 2. The fourth-order valence-corrected chi connectivity index (χ4v) is 2.25. The van der Waals surface area contributed by atoms with E-state index in [-0.39, 0.29) is 17.5 Å². The summed E-state index contributed by atoms with van der Waals surface area (Å²) in [6.07, 6.45) is 0. The number of hydrogen-bond acceptors (Lipinski definition) is 3. The van der Waals surface area contributed by atoms with Crippen molar-refractivity contribution < 1.29 is 19.1 Å². The lowest BCUT2D eigenvalue weighted by Crippen LogP contribution is -2.57. The smallest absolute Gasteiger partial charge is 0.311 e. The largest absolute Gasteiger partial charge is 0.481 e. The van der Waals surface area contributed by atoms with Crippen LogP contribution in [0, 0.1) is 11.2 Å². The van der Waals surface area contributed by atoms with Gasteiger partial charge < -0.3 is 10.4 Å². The second-order valence-electron chi connectivity index (χ2n) is 5.82. The van der Waals surface area contributed by atoms with Crippen LogP contribution < -0.4 is 5.32 Å². The van der Waals surface area contributed by atoms with Gasteiger partial charge in [0.05, 0.1) is 11.2 Å². The molecule has 1 aromatic rings. The minimum atomic E-state index is -1.12. The number of amides is 1. The molecular weight excluding hydrogens is 293 g/mol. The van der Waals surface area contributed by atoms with Gasteiger partial charge >= 0.3 is 5.97 Å². The minimum absolute atomic E-state index is 0.0278. The molecule has 0 aliphatic rings. The molecule has 0 aliphatic carbocycles. The summed E-state index contributed by atoms with van der Waals surface area (Å²) in [6.45, 7) is 6.43. The summed E-state index contributed by atoms with van der Waals surface area (Å²) in [5.41, 5.74) is -2.04. The van der Waals surface area contributed by atoms with Crippen LogP contribution in [0.2, 0.25) is 0 Å². The molecule has 0 heterocycles. The van der Waals surface area contributed by atoms with Gasteiger partial charge in [0.15, 0.2) is 0 Å². The molecule has 0 atom stereocenters. The summed E-state index contributed by atoms with van der Waals surface area (Å²) < 4.78 is 13.4. The lowest BCUT2D eigenvalue weighted by atomic mass is 9.74. The zero-order valence-corrected chi connectivity index (χ0v) is 13.4. The van der Waals surface area contributed by atoms with Crippen LogP contribution >= 0.6 is 11.8 Å². The maximum absolute atomic E-state index is 13.4. The van der Waals surface area contributed by atoms with Gasteiger partial charge in [-0.05, 0) is 39.8 Å². The predicted molar refractivity (Wildman–Crippen MR) is 80.8 cm³/mol. The Morgan fingerprint density at radius 3 is 2.33 bits per heavy atom. The zero-order chi connectivity index (χ0) is 16.3. The lowest BCUT2D eigenvalue weighted by molar-refractivity contribution is -0.151. The fourth-order valence-electron chi connectivity index (χ4n) is 1.51. The molecule has 21 heavy (non-hydrogen) atoms. The Morgan fingerprint density at radius 2 is 1.81 bits per heavy atom. The van der Waals surface area contributed by atoms with E-state index in [1.807, 2.05) is 0 Å². The Hall–Kier alpha value is -1.56. The molecular formula is C15H20FNO3S. The highest BCUT2D eigenvalue weighted by molar-refractivity contribution is 8.00. The van der Waals surface area contributed by atoms with Crippen molar-refractivity contribution in [2.75, 3.05) is 5.75 Å². The molecule has 0 saturated carbocycles. The molecule has 1 amide bonds. The number of carboxylic acid groups (broad SMARTS) is 1. The number of rotatable bonds is 6. The second-order valence-corrected chi connectivity index (χ2v) is 6.84. The highest BCUT2D eigenvalue weighted by Gasteiger charge is 2.44. The standard InChI is InChI=1S/C15H20FNO3S/c1-14(2,13(19)20)15(3,4)17-12(18)9-21-11-8-6-5-7-10(11)16/h5-8H,9H2,1-4H3,(H,17,18)(H,19,20). The van der Waals surface area contributed by atoms with E-state index in [0.29, 0.717) is 4.90 Å². The van der Waals surface area contributed by atoms with Crippen molar-refractivity contribution >= 4 is 23.6 Å². The number of carboxylic acids is 1.